The Morgan fingerprint density at radius 2 is 1.93 bits per heavy atom. The molecule has 1 aliphatic rings. The van der Waals surface area contributed by atoms with Crippen molar-refractivity contribution >= 4 is 37.8 Å². The quantitative estimate of drug-likeness (QED) is 0.563. The molecule has 4 N–H and O–H groups in total. The van der Waals surface area contributed by atoms with Crippen LogP contribution in [0.1, 0.15) is 37.9 Å². The first-order chi connectivity index (χ1) is 13.8. The van der Waals surface area contributed by atoms with Crippen LogP contribution in [0, 0.1) is 0 Å². The number of nitrogens with two attached hydrogens (primary N) is 1. The molecule has 0 spiro atoms. The number of aliphatic hydroxyl groups is 1. The number of para-hydroxylation sites is 1. The van der Waals surface area contributed by atoms with Gasteiger partial charge in [-0.25, -0.2) is 23.1 Å². The zero-order valence-corrected chi connectivity index (χ0v) is 17.4. The van der Waals surface area contributed by atoms with Crippen molar-refractivity contribution in [2.75, 3.05) is 18.6 Å². The lowest BCUT2D eigenvalue weighted by atomic mass is 9.82. The van der Waals surface area contributed by atoms with Gasteiger partial charge in [0.1, 0.15) is 11.3 Å². The van der Waals surface area contributed by atoms with Crippen molar-refractivity contribution in [2.24, 2.45) is 0 Å². The Morgan fingerprint density at radius 3 is 2.62 bits per heavy atom. The second kappa shape index (κ2) is 7.55. The molecule has 0 aliphatic heterocycles. The van der Waals surface area contributed by atoms with Gasteiger partial charge in [0.2, 0.25) is 10.0 Å². The lowest BCUT2D eigenvalue weighted by Crippen LogP contribution is -2.52. The molecule has 3 aromatic rings. The van der Waals surface area contributed by atoms with Crippen LogP contribution in [0.5, 0.6) is 0 Å². The second-order valence-electron chi connectivity index (χ2n) is 8.01. The fraction of sp³-hybridized carbons (Fsp3) is 0.500. The third-order valence-electron chi connectivity index (χ3n) is 5.70. The van der Waals surface area contributed by atoms with E-state index in [1.807, 2.05) is 28.8 Å². The average molecular weight is 418 g/mol. The normalized spacial score (nSPS) is 17.2. The van der Waals surface area contributed by atoms with Crippen molar-refractivity contribution in [3.63, 3.8) is 0 Å². The van der Waals surface area contributed by atoms with E-state index in [1.165, 1.54) is 6.26 Å². The van der Waals surface area contributed by atoms with Gasteiger partial charge in [0.25, 0.3) is 0 Å². The maximum Gasteiger partial charge on any atom is 0.209 e. The largest absolute Gasteiger partial charge is 0.396 e. The number of nitrogens with one attached hydrogen (secondary N) is 1. The van der Waals surface area contributed by atoms with Crippen LogP contribution in [0.4, 0.5) is 5.82 Å². The van der Waals surface area contributed by atoms with Gasteiger partial charge in [-0.1, -0.05) is 37.5 Å². The minimum atomic E-state index is -3.38. The number of nitrogen functional groups attached to an aromatic ring is 1. The summed E-state index contributed by atoms with van der Waals surface area (Å²) in [6, 6.07) is 7.72. The highest BCUT2D eigenvalue weighted by Gasteiger charge is 2.36. The van der Waals surface area contributed by atoms with Crippen molar-refractivity contribution < 1.29 is 13.5 Å². The minimum Gasteiger partial charge on any atom is -0.396 e. The molecule has 0 bridgehead atoms. The highest BCUT2D eigenvalue weighted by Crippen LogP contribution is 2.35. The van der Waals surface area contributed by atoms with Gasteiger partial charge in [-0.15, -0.1) is 0 Å². The van der Waals surface area contributed by atoms with Crippen LogP contribution >= 0.6 is 0 Å². The predicted octanol–water partition coefficient (Wildman–Crippen LogP) is 1.95. The maximum atomic E-state index is 12.2. The molecule has 4 rings (SSSR count). The van der Waals surface area contributed by atoms with Crippen molar-refractivity contribution in [3.8, 4) is 0 Å². The van der Waals surface area contributed by atoms with Gasteiger partial charge in [-0.3, -0.25) is 0 Å². The van der Waals surface area contributed by atoms with Crippen molar-refractivity contribution in [3.05, 3.63) is 30.1 Å². The molecule has 156 valence electrons. The summed E-state index contributed by atoms with van der Waals surface area (Å²) in [7, 11) is -3.38. The van der Waals surface area contributed by atoms with Gasteiger partial charge in [0, 0.05) is 18.4 Å². The van der Waals surface area contributed by atoms with E-state index in [-0.39, 0.29) is 6.61 Å². The summed E-state index contributed by atoms with van der Waals surface area (Å²) in [6.45, 7) is 0.389. The van der Waals surface area contributed by atoms with E-state index < -0.39 is 15.6 Å². The SMILES string of the molecule is CS(=O)(=O)NC1(Cn2c(CCO)nc3c(N)nc4ccccc4c32)CCCCC1. The average Bonchev–Trinajstić information content (AvgIpc) is 3.00. The van der Waals surface area contributed by atoms with E-state index in [1.54, 1.807) is 0 Å². The molecule has 29 heavy (non-hydrogen) atoms. The number of aromatic nitrogens is 3. The Bertz CT molecular complexity index is 1150. The van der Waals surface area contributed by atoms with E-state index in [9.17, 15) is 13.5 Å². The number of benzene rings is 1. The Kier molecular flexibility index (Phi) is 5.22. The van der Waals surface area contributed by atoms with Crippen LogP contribution in [-0.2, 0) is 23.0 Å². The second-order valence-corrected chi connectivity index (χ2v) is 9.76. The molecule has 2 heterocycles. The zero-order chi connectivity index (χ0) is 20.6. The summed E-state index contributed by atoms with van der Waals surface area (Å²) in [4.78, 5) is 9.15. The van der Waals surface area contributed by atoms with Crippen LogP contribution in [0.2, 0.25) is 0 Å². The van der Waals surface area contributed by atoms with Gasteiger partial charge in [0.15, 0.2) is 5.82 Å². The molecule has 0 radical (unpaired) electrons. The number of hydrogen-bond acceptors (Lipinski definition) is 6. The summed E-state index contributed by atoms with van der Waals surface area (Å²) in [5.41, 5.74) is 7.83. The van der Waals surface area contributed by atoms with E-state index in [0.717, 1.165) is 48.5 Å². The molecular weight excluding hydrogens is 390 g/mol. The fourth-order valence-corrected chi connectivity index (χ4v) is 5.64. The number of imidazole rings is 1. The number of sulfonamides is 1. The van der Waals surface area contributed by atoms with Crippen LogP contribution in [0.3, 0.4) is 0 Å². The van der Waals surface area contributed by atoms with Crippen LogP contribution in [-0.4, -0.2) is 46.5 Å². The van der Waals surface area contributed by atoms with Gasteiger partial charge < -0.3 is 15.4 Å². The van der Waals surface area contributed by atoms with Crippen LogP contribution in [0.15, 0.2) is 24.3 Å². The monoisotopic (exact) mass is 417 g/mol. The highest BCUT2D eigenvalue weighted by molar-refractivity contribution is 7.88. The van der Waals surface area contributed by atoms with E-state index in [4.69, 9.17) is 5.73 Å². The van der Waals surface area contributed by atoms with Crippen LogP contribution in [0.25, 0.3) is 21.9 Å². The molecule has 9 heteroatoms. The number of anilines is 1. The number of nitrogens with zero attached hydrogens (tertiary/aromatic N) is 3. The van der Waals surface area contributed by atoms with E-state index >= 15 is 0 Å². The molecule has 1 aliphatic carbocycles. The number of aliphatic hydroxyl groups excluding tert-OH is 1. The van der Waals surface area contributed by atoms with E-state index in [2.05, 4.69) is 14.7 Å². The number of pyridine rings is 1. The molecule has 1 fully saturated rings. The third kappa shape index (κ3) is 3.94. The lowest BCUT2D eigenvalue weighted by molar-refractivity contribution is 0.233. The molecule has 2 aromatic heterocycles. The minimum absolute atomic E-state index is 0.0545. The summed E-state index contributed by atoms with van der Waals surface area (Å²) in [5.74, 6) is 1.03. The standard InChI is InChI=1S/C20H27N5O3S/c1-29(27,28)24-20(10-5-2-6-11-20)13-25-16(9-12-26)23-17-18(25)14-7-3-4-8-15(14)22-19(17)21/h3-4,7-8,24,26H,2,5-6,9-13H2,1H3,(H2,21,22). The molecule has 0 atom stereocenters. The third-order valence-corrected chi connectivity index (χ3v) is 6.50. The Hall–Kier alpha value is -2.23. The van der Waals surface area contributed by atoms with Crippen molar-refractivity contribution in [2.45, 2.75) is 50.6 Å². The smallest absolute Gasteiger partial charge is 0.209 e. The first kappa shape index (κ1) is 20.1. The van der Waals surface area contributed by atoms with Gasteiger partial charge in [-0.05, 0) is 18.9 Å². The summed E-state index contributed by atoms with van der Waals surface area (Å²) in [6.07, 6.45) is 6.12. The van der Waals surface area contributed by atoms with Crippen molar-refractivity contribution in [1.29, 1.82) is 0 Å². The predicted molar refractivity (Wildman–Crippen MR) is 114 cm³/mol. The molecule has 0 unspecified atom stereocenters. The van der Waals surface area contributed by atoms with Crippen molar-refractivity contribution in [1.82, 2.24) is 19.3 Å². The molecule has 0 amide bonds. The topological polar surface area (TPSA) is 123 Å². The summed E-state index contributed by atoms with van der Waals surface area (Å²) >= 11 is 0. The highest BCUT2D eigenvalue weighted by atomic mass is 32.2. The fourth-order valence-electron chi connectivity index (χ4n) is 4.58. The number of rotatable bonds is 6. The molecule has 1 saturated carbocycles. The maximum absolute atomic E-state index is 12.2. The van der Waals surface area contributed by atoms with Gasteiger partial charge in [-0.2, -0.15) is 0 Å². The molecule has 1 aromatic carbocycles. The van der Waals surface area contributed by atoms with Crippen LogP contribution < -0.4 is 10.5 Å². The van der Waals surface area contributed by atoms with Gasteiger partial charge >= 0.3 is 0 Å². The Labute approximate surface area is 170 Å². The van der Waals surface area contributed by atoms with E-state index in [0.29, 0.717) is 30.1 Å². The molecule has 8 nitrogen and oxygen atoms in total. The summed E-state index contributed by atoms with van der Waals surface area (Å²) < 4.78 is 29.3. The first-order valence-electron chi connectivity index (χ1n) is 9.95. The Morgan fingerprint density at radius 1 is 1.21 bits per heavy atom. The molecular formula is C20H27N5O3S. The lowest BCUT2D eigenvalue weighted by Gasteiger charge is -2.38. The zero-order valence-electron chi connectivity index (χ0n) is 16.6. The Balaban J connectivity index is 1.94. The number of fused-ring (bicyclic) bond motifs is 3. The summed E-state index contributed by atoms with van der Waals surface area (Å²) in [5, 5.41) is 10.5. The first-order valence-corrected chi connectivity index (χ1v) is 11.8. The molecule has 0 saturated heterocycles. The number of hydrogen-bond donors (Lipinski definition) is 3. The van der Waals surface area contributed by atoms with Gasteiger partial charge in [0.05, 0.1) is 29.4 Å².